The molecule has 0 spiro atoms. The van der Waals surface area contributed by atoms with Crippen molar-refractivity contribution in [3.63, 3.8) is 0 Å². The van der Waals surface area contributed by atoms with E-state index in [1.807, 2.05) is 38.1 Å². The third-order valence-corrected chi connectivity index (χ3v) is 3.41. The topological polar surface area (TPSA) is 82.8 Å². The summed E-state index contributed by atoms with van der Waals surface area (Å²) in [5.41, 5.74) is 15.4. The molecule has 2 aromatic heterocycles. The fraction of sp³-hybridized carbons (Fsp3) is 0.438. The Bertz CT molecular complexity index is 644. The van der Waals surface area contributed by atoms with E-state index in [1.54, 1.807) is 0 Å². The van der Waals surface area contributed by atoms with Crippen LogP contribution in [0.4, 0.5) is 0 Å². The first-order chi connectivity index (χ1) is 9.93. The van der Waals surface area contributed by atoms with Gasteiger partial charge in [0, 0.05) is 36.3 Å². The summed E-state index contributed by atoms with van der Waals surface area (Å²) in [7, 11) is 1.39. The molecular weight excluding hydrogens is 266 g/mol. The summed E-state index contributed by atoms with van der Waals surface area (Å²) in [6.07, 6.45) is 1.42. The second-order valence-electron chi connectivity index (χ2n) is 5.64. The van der Waals surface area contributed by atoms with Gasteiger partial charge in [0.2, 0.25) is 0 Å². The lowest BCUT2D eigenvalue weighted by Gasteiger charge is -2.13. The Kier molecular flexibility index (Phi) is 4.65. The van der Waals surface area contributed by atoms with Crippen molar-refractivity contribution < 1.29 is 9.53 Å². The van der Waals surface area contributed by atoms with E-state index in [9.17, 15) is 4.79 Å². The number of nitrogens with two attached hydrogens (primary N) is 2. The molecule has 0 bridgehead atoms. The van der Waals surface area contributed by atoms with E-state index in [0.717, 1.165) is 23.3 Å². The Morgan fingerprint density at radius 1 is 1.19 bits per heavy atom. The minimum absolute atomic E-state index is 0.0111. The van der Waals surface area contributed by atoms with E-state index in [-0.39, 0.29) is 18.1 Å². The minimum Gasteiger partial charge on any atom is -0.465 e. The molecule has 2 heterocycles. The molecule has 2 unspecified atom stereocenters. The average Bonchev–Trinajstić information content (AvgIpc) is 2.76. The Hall–Kier alpha value is -1.85. The highest BCUT2D eigenvalue weighted by Gasteiger charge is 2.18. The Morgan fingerprint density at radius 2 is 1.81 bits per heavy atom. The molecule has 0 aliphatic rings. The number of esters is 1. The van der Waals surface area contributed by atoms with Crippen LogP contribution in [-0.4, -0.2) is 29.6 Å². The number of hydrogen-bond donors (Lipinski definition) is 2. The van der Waals surface area contributed by atoms with Crippen LogP contribution in [0.25, 0.3) is 5.52 Å². The number of hydrogen-bond acceptors (Lipinski definition) is 4. The number of carbonyl (C=O) groups is 1. The molecule has 2 atom stereocenters. The van der Waals surface area contributed by atoms with Crippen molar-refractivity contribution in [2.45, 2.75) is 38.8 Å². The number of ether oxygens (including phenoxy) is 1. The van der Waals surface area contributed by atoms with Gasteiger partial charge in [-0.2, -0.15) is 0 Å². The van der Waals surface area contributed by atoms with E-state index >= 15 is 0 Å². The smallest absolute Gasteiger partial charge is 0.340 e. The second kappa shape index (κ2) is 6.28. The highest BCUT2D eigenvalue weighted by atomic mass is 16.5. The molecule has 0 amide bonds. The number of fused-ring (bicyclic) bond motifs is 1. The number of aromatic nitrogens is 1. The van der Waals surface area contributed by atoms with Gasteiger partial charge in [0.15, 0.2) is 0 Å². The summed E-state index contributed by atoms with van der Waals surface area (Å²) in [6, 6.07) is 7.81. The molecule has 0 aromatic carbocycles. The molecule has 114 valence electrons. The fourth-order valence-corrected chi connectivity index (χ4v) is 2.65. The first-order valence-corrected chi connectivity index (χ1v) is 7.15. The van der Waals surface area contributed by atoms with Gasteiger partial charge in [0.05, 0.1) is 18.2 Å². The summed E-state index contributed by atoms with van der Waals surface area (Å²) in [6.45, 7) is 3.92. The molecule has 5 heteroatoms. The maximum atomic E-state index is 12.0. The van der Waals surface area contributed by atoms with E-state index in [1.165, 1.54) is 7.11 Å². The van der Waals surface area contributed by atoms with Crippen molar-refractivity contribution in [2.24, 2.45) is 11.5 Å². The standard InChI is InChI=1S/C16H23N3O2/c1-10(17)7-12-5-4-6-15-14(16(20)21-3)9-13(19(12)15)8-11(2)18/h4-6,9-11H,7-8,17-18H2,1-3H3. The first kappa shape index (κ1) is 15.5. The quantitative estimate of drug-likeness (QED) is 0.817. The van der Waals surface area contributed by atoms with Crippen LogP contribution < -0.4 is 11.5 Å². The van der Waals surface area contributed by atoms with Crippen molar-refractivity contribution in [1.29, 1.82) is 0 Å². The lowest BCUT2D eigenvalue weighted by molar-refractivity contribution is 0.0603. The van der Waals surface area contributed by atoms with Gasteiger partial charge >= 0.3 is 5.97 Å². The summed E-state index contributed by atoms with van der Waals surface area (Å²) < 4.78 is 6.96. The minimum atomic E-state index is -0.332. The van der Waals surface area contributed by atoms with Crippen molar-refractivity contribution in [2.75, 3.05) is 7.11 Å². The van der Waals surface area contributed by atoms with Gasteiger partial charge in [-0.05, 0) is 32.0 Å². The monoisotopic (exact) mass is 289 g/mol. The zero-order chi connectivity index (χ0) is 15.6. The maximum absolute atomic E-state index is 12.0. The van der Waals surface area contributed by atoms with Crippen LogP contribution in [0.15, 0.2) is 24.3 Å². The summed E-state index contributed by atoms with van der Waals surface area (Å²) in [5, 5.41) is 0. The Morgan fingerprint density at radius 3 is 2.38 bits per heavy atom. The van der Waals surface area contributed by atoms with Gasteiger partial charge in [0.25, 0.3) is 0 Å². The largest absolute Gasteiger partial charge is 0.465 e. The van der Waals surface area contributed by atoms with Gasteiger partial charge in [0.1, 0.15) is 0 Å². The van der Waals surface area contributed by atoms with Crippen molar-refractivity contribution in [3.05, 3.63) is 41.2 Å². The zero-order valence-corrected chi connectivity index (χ0v) is 12.8. The molecule has 4 N–H and O–H groups in total. The lowest BCUT2D eigenvalue weighted by atomic mass is 10.1. The molecule has 0 fully saturated rings. The highest BCUT2D eigenvalue weighted by Crippen LogP contribution is 2.22. The summed E-state index contributed by atoms with van der Waals surface area (Å²) in [5.74, 6) is -0.332. The van der Waals surface area contributed by atoms with Crippen molar-refractivity contribution >= 4 is 11.5 Å². The Labute approximate surface area is 124 Å². The summed E-state index contributed by atoms with van der Waals surface area (Å²) in [4.78, 5) is 12.0. The highest BCUT2D eigenvalue weighted by molar-refractivity contribution is 5.97. The summed E-state index contributed by atoms with van der Waals surface area (Å²) >= 11 is 0. The molecule has 2 rings (SSSR count). The number of methoxy groups -OCH3 is 1. The maximum Gasteiger partial charge on any atom is 0.340 e. The van der Waals surface area contributed by atoms with Gasteiger partial charge in [-0.25, -0.2) is 4.79 Å². The van der Waals surface area contributed by atoms with Crippen LogP contribution in [0.5, 0.6) is 0 Å². The SMILES string of the molecule is COC(=O)c1cc(CC(C)N)n2c(CC(C)N)cccc12. The number of nitrogens with zero attached hydrogens (tertiary/aromatic N) is 1. The number of rotatable bonds is 5. The molecule has 2 aromatic rings. The predicted octanol–water partition coefficient (Wildman–Crippen LogP) is 1.51. The van der Waals surface area contributed by atoms with Crippen LogP contribution in [-0.2, 0) is 17.6 Å². The molecule has 0 aliphatic carbocycles. The zero-order valence-electron chi connectivity index (χ0n) is 12.8. The van der Waals surface area contributed by atoms with Crippen LogP contribution in [0, 0.1) is 0 Å². The van der Waals surface area contributed by atoms with Crippen LogP contribution in [0.1, 0.15) is 35.6 Å². The lowest BCUT2D eigenvalue weighted by Crippen LogP contribution is -2.22. The van der Waals surface area contributed by atoms with E-state index in [2.05, 4.69) is 4.40 Å². The predicted molar refractivity (Wildman–Crippen MR) is 83.4 cm³/mol. The van der Waals surface area contributed by atoms with Gasteiger partial charge in [-0.1, -0.05) is 6.07 Å². The molecule has 21 heavy (non-hydrogen) atoms. The third kappa shape index (κ3) is 3.25. The van der Waals surface area contributed by atoms with E-state index < -0.39 is 0 Å². The van der Waals surface area contributed by atoms with Crippen LogP contribution in [0.3, 0.4) is 0 Å². The van der Waals surface area contributed by atoms with Gasteiger partial charge < -0.3 is 20.6 Å². The second-order valence-corrected chi connectivity index (χ2v) is 5.64. The Balaban J connectivity index is 2.65. The molecule has 0 saturated carbocycles. The first-order valence-electron chi connectivity index (χ1n) is 7.15. The van der Waals surface area contributed by atoms with Crippen molar-refractivity contribution in [1.82, 2.24) is 4.40 Å². The van der Waals surface area contributed by atoms with Crippen LogP contribution >= 0.6 is 0 Å². The molecule has 0 saturated heterocycles. The average molecular weight is 289 g/mol. The fourth-order valence-electron chi connectivity index (χ4n) is 2.65. The number of pyridine rings is 1. The van der Waals surface area contributed by atoms with Crippen molar-refractivity contribution in [3.8, 4) is 0 Å². The molecular formula is C16H23N3O2. The van der Waals surface area contributed by atoms with E-state index in [4.69, 9.17) is 16.2 Å². The van der Waals surface area contributed by atoms with E-state index in [0.29, 0.717) is 12.0 Å². The van der Waals surface area contributed by atoms with Gasteiger partial charge in [-0.15, -0.1) is 0 Å². The normalized spacial score (nSPS) is 14.1. The van der Waals surface area contributed by atoms with Gasteiger partial charge in [-0.3, -0.25) is 0 Å². The number of carbonyl (C=O) groups excluding carboxylic acids is 1. The molecule has 0 aliphatic heterocycles. The van der Waals surface area contributed by atoms with Crippen LogP contribution in [0.2, 0.25) is 0 Å². The molecule has 5 nitrogen and oxygen atoms in total. The third-order valence-electron chi connectivity index (χ3n) is 3.41. The molecule has 0 radical (unpaired) electrons.